The van der Waals surface area contributed by atoms with Crippen LogP contribution >= 0.6 is 24.8 Å². The van der Waals surface area contributed by atoms with E-state index in [0.29, 0.717) is 0 Å². The van der Waals surface area contributed by atoms with E-state index in [1.54, 1.807) is 0 Å². The number of aromatic nitrogens is 2. The Morgan fingerprint density at radius 2 is 2.09 bits per heavy atom. The van der Waals surface area contributed by atoms with Crippen LogP contribution in [0.25, 0.3) is 0 Å². The summed E-state index contributed by atoms with van der Waals surface area (Å²) < 4.78 is 7.93. The van der Waals surface area contributed by atoms with Crippen LogP contribution in [0, 0.1) is 5.92 Å². The molecule has 1 N–H and O–H groups in total. The maximum Gasteiger partial charge on any atom is 0.106 e. The molecule has 0 amide bonds. The summed E-state index contributed by atoms with van der Waals surface area (Å²) in [4.78, 5) is 2.58. The summed E-state index contributed by atoms with van der Waals surface area (Å²) in [6.45, 7) is 8.60. The fraction of sp³-hybridized carbons (Fsp3) is 0.800. The Kier molecular flexibility index (Phi) is 7.62. The zero-order chi connectivity index (χ0) is 14.0. The second-order valence-corrected chi connectivity index (χ2v) is 6.41. The van der Waals surface area contributed by atoms with Crippen LogP contribution in [-0.2, 0) is 17.4 Å². The standard InChI is InChI=1S/C15H26N4O.2ClH/c1-15(14-9-17-18(2)11-14)12-19(7-8-20-15)10-13-3-5-16-6-4-13;;/h9,11,13,16H,3-8,10,12H2,1-2H3;2*1H. The van der Waals surface area contributed by atoms with Crippen LogP contribution in [0.4, 0.5) is 0 Å². The molecule has 0 saturated carbocycles. The van der Waals surface area contributed by atoms with E-state index in [2.05, 4.69) is 28.4 Å². The van der Waals surface area contributed by atoms with Crippen molar-refractivity contribution in [2.45, 2.75) is 25.4 Å². The third-order valence-electron chi connectivity index (χ3n) is 4.64. The topological polar surface area (TPSA) is 42.3 Å². The van der Waals surface area contributed by atoms with Crippen LogP contribution in [0.2, 0.25) is 0 Å². The largest absolute Gasteiger partial charge is 0.368 e. The highest BCUT2D eigenvalue weighted by Crippen LogP contribution is 2.29. The van der Waals surface area contributed by atoms with E-state index >= 15 is 0 Å². The molecule has 3 heterocycles. The molecule has 1 aromatic rings. The predicted molar refractivity (Wildman–Crippen MR) is 93.0 cm³/mol. The smallest absolute Gasteiger partial charge is 0.106 e. The highest BCUT2D eigenvalue weighted by atomic mass is 35.5. The minimum absolute atomic E-state index is 0. The fourth-order valence-electron chi connectivity index (χ4n) is 3.41. The summed E-state index contributed by atoms with van der Waals surface area (Å²) in [6.07, 6.45) is 6.63. The quantitative estimate of drug-likeness (QED) is 0.902. The van der Waals surface area contributed by atoms with Crippen molar-refractivity contribution in [2.24, 2.45) is 13.0 Å². The first-order chi connectivity index (χ1) is 9.66. The van der Waals surface area contributed by atoms with Crippen molar-refractivity contribution in [1.29, 1.82) is 0 Å². The first kappa shape index (κ1) is 19.7. The number of nitrogens with zero attached hydrogens (tertiary/aromatic N) is 3. The van der Waals surface area contributed by atoms with Gasteiger partial charge < -0.3 is 10.1 Å². The highest BCUT2D eigenvalue weighted by molar-refractivity contribution is 5.85. The summed E-state index contributed by atoms with van der Waals surface area (Å²) in [7, 11) is 1.96. The Balaban J connectivity index is 0.00000121. The van der Waals surface area contributed by atoms with E-state index < -0.39 is 0 Å². The number of nitrogens with one attached hydrogen (secondary N) is 1. The van der Waals surface area contributed by atoms with Crippen LogP contribution in [0.1, 0.15) is 25.3 Å². The fourth-order valence-corrected chi connectivity index (χ4v) is 3.41. The van der Waals surface area contributed by atoms with Gasteiger partial charge in [-0.25, -0.2) is 0 Å². The number of aryl methyl sites for hydroxylation is 1. The molecule has 0 radical (unpaired) electrons. The first-order valence-corrected chi connectivity index (χ1v) is 7.72. The molecule has 22 heavy (non-hydrogen) atoms. The number of piperidine rings is 1. The van der Waals surface area contributed by atoms with Crippen LogP contribution < -0.4 is 5.32 Å². The minimum atomic E-state index is -0.209. The van der Waals surface area contributed by atoms with E-state index in [1.807, 2.05) is 17.9 Å². The van der Waals surface area contributed by atoms with Gasteiger partial charge in [0, 0.05) is 38.4 Å². The monoisotopic (exact) mass is 350 g/mol. The van der Waals surface area contributed by atoms with Crippen LogP contribution in [0.3, 0.4) is 0 Å². The SMILES string of the molecule is Cl.Cl.Cn1cc(C2(C)CN(CC3CCNCC3)CCO2)cn1. The first-order valence-electron chi connectivity index (χ1n) is 7.72. The average molecular weight is 351 g/mol. The number of hydrogen-bond donors (Lipinski definition) is 1. The van der Waals surface area contributed by atoms with Gasteiger partial charge in [-0.1, -0.05) is 0 Å². The number of hydrogen-bond acceptors (Lipinski definition) is 4. The van der Waals surface area contributed by atoms with Crippen molar-refractivity contribution in [3.63, 3.8) is 0 Å². The van der Waals surface area contributed by atoms with Gasteiger partial charge in [-0.05, 0) is 38.8 Å². The van der Waals surface area contributed by atoms with Gasteiger partial charge in [0.25, 0.3) is 0 Å². The molecule has 1 atom stereocenters. The molecule has 0 aliphatic carbocycles. The number of rotatable bonds is 3. The lowest BCUT2D eigenvalue weighted by atomic mass is 9.94. The van der Waals surface area contributed by atoms with Gasteiger partial charge in [0.15, 0.2) is 0 Å². The minimum Gasteiger partial charge on any atom is -0.368 e. The van der Waals surface area contributed by atoms with Gasteiger partial charge in [-0.15, -0.1) is 24.8 Å². The van der Waals surface area contributed by atoms with Crippen LogP contribution in [0.15, 0.2) is 12.4 Å². The lowest BCUT2D eigenvalue weighted by Gasteiger charge is -2.41. The lowest BCUT2D eigenvalue weighted by molar-refractivity contribution is -0.106. The maximum atomic E-state index is 6.08. The zero-order valence-corrected chi connectivity index (χ0v) is 15.1. The van der Waals surface area contributed by atoms with Gasteiger partial charge in [0.05, 0.1) is 12.8 Å². The van der Waals surface area contributed by atoms with E-state index in [-0.39, 0.29) is 30.4 Å². The molecule has 2 aliphatic heterocycles. The summed E-state index contributed by atoms with van der Waals surface area (Å²) in [5.74, 6) is 0.840. The Morgan fingerprint density at radius 1 is 1.36 bits per heavy atom. The molecule has 5 nitrogen and oxygen atoms in total. The molecule has 0 aromatic carbocycles. The zero-order valence-electron chi connectivity index (χ0n) is 13.5. The second kappa shape index (κ2) is 8.50. The molecule has 1 aromatic heterocycles. The molecule has 0 spiro atoms. The molecule has 2 aliphatic rings. The molecule has 7 heteroatoms. The summed E-state index contributed by atoms with van der Waals surface area (Å²) >= 11 is 0. The van der Waals surface area contributed by atoms with E-state index in [0.717, 1.165) is 25.6 Å². The normalized spacial score (nSPS) is 27.0. The summed E-state index contributed by atoms with van der Waals surface area (Å²) in [5.41, 5.74) is 0.981. The highest BCUT2D eigenvalue weighted by Gasteiger charge is 2.35. The molecule has 3 rings (SSSR count). The Hall–Kier alpha value is -0.330. The number of halogens is 2. The molecular weight excluding hydrogens is 323 g/mol. The van der Waals surface area contributed by atoms with E-state index in [1.165, 1.54) is 38.0 Å². The van der Waals surface area contributed by atoms with Crippen molar-refractivity contribution in [1.82, 2.24) is 20.0 Å². The second-order valence-electron chi connectivity index (χ2n) is 6.41. The van der Waals surface area contributed by atoms with E-state index in [4.69, 9.17) is 4.74 Å². The lowest BCUT2D eigenvalue weighted by Crippen LogP contribution is -2.50. The van der Waals surface area contributed by atoms with E-state index in [9.17, 15) is 0 Å². The summed E-state index contributed by atoms with van der Waals surface area (Å²) in [6, 6.07) is 0. The van der Waals surface area contributed by atoms with Gasteiger partial charge >= 0.3 is 0 Å². The Labute approximate surface area is 145 Å². The average Bonchev–Trinajstić information content (AvgIpc) is 2.88. The Morgan fingerprint density at radius 3 is 2.73 bits per heavy atom. The molecule has 2 saturated heterocycles. The molecule has 128 valence electrons. The molecule has 0 bridgehead atoms. The third-order valence-corrected chi connectivity index (χ3v) is 4.64. The predicted octanol–water partition coefficient (Wildman–Crippen LogP) is 1.81. The number of morpholine rings is 1. The van der Waals surface area contributed by atoms with Crippen molar-refractivity contribution in [2.75, 3.05) is 39.3 Å². The molecular formula is C15H28Cl2N4O. The van der Waals surface area contributed by atoms with Gasteiger partial charge in [0.1, 0.15) is 5.60 Å². The van der Waals surface area contributed by atoms with Crippen LogP contribution in [0.5, 0.6) is 0 Å². The van der Waals surface area contributed by atoms with Gasteiger partial charge in [-0.3, -0.25) is 9.58 Å². The van der Waals surface area contributed by atoms with Crippen LogP contribution in [-0.4, -0.2) is 54.0 Å². The molecule has 1 unspecified atom stereocenters. The molecule has 2 fully saturated rings. The van der Waals surface area contributed by atoms with Gasteiger partial charge in [0.2, 0.25) is 0 Å². The van der Waals surface area contributed by atoms with Crippen molar-refractivity contribution < 1.29 is 4.74 Å². The van der Waals surface area contributed by atoms with Crippen molar-refractivity contribution in [3.05, 3.63) is 18.0 Å². The summed E-state index contributed by atoms with van der Waals surface area (Å²) in [5, 5.41) is 7.73. The van der Waals surface area contributed by atoms with Crippen molar-refractivity contribution in [3.8, 4) is 0 Å². The Bertz CT molecular complexity index is 451. The van der Waals surface area contributed by atoms with Gasteiger partial charge in [-0.2, -0.15) is 5.10 Å². The number of ether oxygens (including phenoxy) is 1. The van der Waals surface area contributed by atoms with Crippen molar-refractivity contribution >= 4 is 24.8 Å². The maximum absolute atomic E-state index is 6.08. The third kappa shape index (κ3) is 4.59.